The van der Waals surface area contributed by atoms with E-state index in [0.29, 0.717) is 5.82 Å². The van der Waals surface area contributed by atoms with Crippen molar-refractivity contribution in [2.45, 2.75) is 6.61 Å². The van der Waals surface area contributed by atoms with Gasteiger partial charge in [-0.25, -0.2) is 0 Å². The average Bonchev–Trinajstić information content (AvgIpc) is 2.39. The third kappa shape index (κ3) is 3.29. The summed E-state index contributed by atoms with van der Waals surface area (Å²) in [5.41, 5.74) is 1.49. The first kappa shape index (κ1) is 13.5. The van der Waals surface area contributed by atoms with Crippen LogP contribution in [0, 0.1) is 0 Å². The summed E-state index contributed by atoms with van der Waals surface area (Å²) in [5.74, 6) is 0.643. The average molecular weight is 286 g/mol. The molecule has 0 spiro atoms. The molecular weight excluding hydrogens is 276 g/mol. The smallest absolute Gasteiger partial charge is 0.387 e. The van der Waals surface area contributed by atoms with Crippen LogP contribution in [-0.4, -0.2) is 23.9 Å². The molecule has 0 saturated heterocycles. The van der Waals surface area contributed by atoms with Crippen LogP contribution < -0.4 is 10.1 Å². The van der Waals surface area contributed by atoms with Gasteiger partial charge >= 0.3 is 6.61 Å². The van der Waals surface area contributed by atoms with Gasteiger partial charge < -0.3 is 10.1 Å². The summed E-state index contributed by atoms with van der Waals surface area (Å²) >= 11 is 5.80. The highest BCUT2D eigenvalue weighted by molar-refractivity contribution is 6.29. The van der Waals surface area contributed by atoms with E-state index in [9.17, 15) is 8.78 Å². The van der Waals surface area contributed by atoms with E-state index in [1.165, 1.54) is 12.1 Å². The number of benzene rings is 1. The van der Waals surface area contributed by atoms with E-state index in [4.69, 9.17) is 11.6 Å². The van der Waals surface area contributed by atoms with Gasteiger partial charge in [-0.05, 0) is 23.8 Å². The molecule has 0 saturated carbocycles. The van der Waals surface area contributed by atoms with Gasteiger partial charge in [0.1, 0.15) is 5.75 Å². The lowest BCUT2D eigenvalue weighted by Crippen LogP contribution is -2.01. The first-order valence-corrected chi connectivity index (χ1v) is 5.74. The van der Waals surface area contributed by atoms with Crippen molar-refractivity contribution in [3.63, 3.8) is 0 Å². The second-order valence-electron chi connectivity index (χ2n) is 3.58. The normalized spacial score (nSPS) is 10.6. The van der Waals surface area contributed by atoms with Crippen molar-refractivity contribution in [3.8, 4) is 16.9 Å². The van der Waals surface area contributed by atoms with E-state index in [1.807, 2.05) is 0 Å². The molecule has 4 nitrogen and oxygen atoms in total. The lowest BCUT2D eigenvalue weighted by Gasteiger charge is -2.09. The Labute approximate surface area is 113 Å². The van der Waals surface area contributed by atoms with Gasteiger partial charge in [-0.2, -0.15) is 8.78 Å². The van der Waals surface area contributed by atoms with Crippen molar-refractivity contribution in [2.75, 3.05) is 12.4 Å². The molecule has 1 N–H and O–H groups in total. The summed E-state index contributed by atoms with van der Waals surface area (Å²) in [7, 11) is 1.70. The molecule has 0 amide bonds. The van der Waals surface area contributed by atoms with Gasteiger partial charge in [0.15, 0.2) is 11.0 Å². The predicted molar refractivity (Wildman–Crippen MR) is 68.7 cm³/mol. The first-order valence-electron chi connectivity index (χ1n) is 5.36. The van der Waals surface area contributed by atoms with Gasteiger partial charge in [0.05, 0.1) is 0 Å². The van der Waals surface area contributed by atoms with Gasteiger partial charge in [0.2, 0.25) is 0 Å². The van der Waals surface area contributed by atoms with Crippen molar-refractivity contribution in [2.24, 2.45) is 0 Å². The molecule has 100 valence electrons. The minimum atomic E-state index is -2.84. The van der Waals surface area contributed by atoms with Gasteiger partial charge in [0.25, 0.3) is 0 Å². The Morgan fingerprint density at radius 2 is 1.89 bits per heavy atom. The molecule has 0 aliphatic heterocycles. The zero-order valence-corrected chi connectivity index (χ0v) is 10.7. The van der Waals surface area contributed by atoms with Crippen molar-refractivity contribution in [1.82, 2.24) is 10.2 Å². The lowest BCUT2D eigenvalue weighted by atomic mass is 10.1. The maximum Gasteiger partial charge on any atom is 0.387 e. The maximum atomic E-state index is 12.0. The molecule has 0 aliphatic rings. The number of halogens is 3. The summed E-state index contributed by atoms with van der Waals surface area (Å²) in [6.07, 6.45) is 0. The van der Waals surface area contributed by atoms with Gasteiger partial charge in [-0.1, -0.05) is 23.7 Å². The molecule has 0 aliphatic carbocycles. The molecule has 0 atom stereocenters. The van der Waals surface area contributed by atoms with Crippen LogP contribution in [0.25, 0.3) is 11.1 Å². The Morgan fingerprint density at radius 1 is 1.21 bits per heavy atom. The largest absolute Gasteiger partial charge is 0.435 e. The maximum absolute atomic E-state index is 12.0. The molecule has 1 aromatic heterocycles. The molecule has 2 aromatic rings. The standard InChI is InChI=1S/C12H10ClF2N3O/c1-16-11-9(6-10(13)17-18-11)7-2-4-8(5-3-7)19-12(14)15/h2-6,12H,1H3,(H,16,18). The Balaban J connectivity index is 2.34. The minimum Gasteiger partial charge on any atom is -0.435 e. The van der Waals surface area contributed by atoms with Crippen molar-refractivity contribution in [3.05, 3.63) is 35.5 Å². The number of aromatic nitrogens is 2. The van der Waals surface area contributed by atoms with E-state index >= 15 is 0 Å². The quantitative estimate of drug-likeness (QED) is 0.935. The van der Waals surface area contributed by atoms with Crippen molar-refractivity contribution < 1.29 is 13.5 Å². The number of hydrogen-bond donors (Lipinski definition) is 1. The highest BCUT2D eigenvalue weighted by Gasteiger charge is 2.09. The number of nitrogens with one attached hydrogen (secondary N) is 1. The van der Waals surface area contributed by atoms with Gasteiger partial charge in [-0.3, -0.25) is 0 Å². The fourth-order valence-corrected chi connectivity index (χ4v) is 1.74. The lowest BCUT2D eigenvalue weighted by molar-refractivity contribution is -0.0498. The van der Waals surface area contributed by atoms with E-state index in [-0.39, 0.29) is 10.9 Å². The summed E-state index contributed by atoms with van der Waals surface area (Å²) in [5, 5.41) is 10.8. The van der Waals surface area contributed by atoms with Crippen LogP contribution in [-0.2, 0) is 0 Å². The third-order valence-corrected chi connectivity index (χ3v) is 2.58. The van der Waals surface area contributed by atoms with E-state index in [2.05, 4.69) is 20.3 Å². The molecule has 0 bridgehead atoms. The highest BCUT2D eigenvalue weighted by atomic mass is 35.5. The zero-order valence-electron chi connectivity index (χ0n) is 9.90. The Hall–Kier alpha value is -1.95. The topological polar surface area (TPSA) is 47.0 Å². The molecule has 2 rings (SSSR count). The number of hydrogen-bond acceptors (Lipinski definition) is 4. The molecule has 1 heterocycles. The van der Waals surface area contributed by atoms with Crippen LogP contribution >= 0.6 is 11.6 Å². The number of rotatable bonds is 4. The highest BCUT2D eigenvalue weighted by Crippen LogP contribution is 2.29. The molecule has 0 fully saturated rings. The number of alkyl halides is 2. The van der Waals surface area contributed by atoms with Crippen molar-refractivity contribution >= 4 is 17.4 Å². The number of ether oxygens (including phenoxy) is 1. The summed E-state index contributed by atoms with van der Waals surface area (Å²) in [4.78, 5) is 0. The first-order chi connectivity index (χ1) is 9.10. The van der Waals surface area contributed by atoms with Crippen LogP contribution in [0.15, 0.2) is 30.3 Å². The third-order valence-electron chi connectivity index (χ3n) is 2.39. The van der Waals surface area contributed by atoms with Crippen LogP contribution in [0.5, 0.6) is 5.75 Å². The van der Waals surface area contributed by atoms with Crippen LogP contribution in [0.4, 0.5) is 14.6 Å². The number of nitrogens with zero attached hydrogens (tertiary/aromatic N) is 2. The van der Waals surface area contributed by atoms with E-state index < -0.39 is 6.61 Å². The number of anilines is 1. The van der Waals surface area contributed by atoms with E-state index in [0.717, 1.165) is 11.1 Å². The molecule has 0 radical (unpaired) electrons. The zero-order chi connectivity index (χ0) is 13.8. The molecular formula is C12H10ClF2N3O. The second kappa shape index (κ2) is 5.79. The molecule has 0 unspecified atom stereocenters. The fourth-order valence-electron chi connectivity index (χ4n) is 1.59. The predicted octanol–water partition coefficient (Wildman–Crippen LogP) is 3.44. The van der Waals surface area contributed by atoms with Crippen LogP contribution in [0.1, 0.15) is 0 Å². The summed E-state index contributed by atoms with van der Waals surface area (Å²) < 4.78 is 28.4. The Morgan fingerprint density at radius 3 is 2.47 bits per heavy atom. The Kier molecular flexibility index (Phi) is 4.11. The van der Waals surface area contributed by atoms with Crippen molar-refractivity contribution in [1.29, 1.82) is 0 Å². The monoisotopic (exact) mass is 285 g/mol. The SMILES string of the molecule is CNc1nnc(Cl)cc1-c1ccc(OC(F)F)cc1. The van der Waals surface area contributed by atoms with E-state index in [1.54, 1.807) is 25.2 Å². The minimum absolute atomic E-state index is 0.0952. The Bertz CT molecular complexity index is 563. The molecule has 19 heavy (non-hydrogen) atoms. The van der Waals surface area contributed by atoms with Crippen LogP contribution in [0.3, 0.4) is 0 Å². The fraction of sp³-hybridized carbons (Fsp3) is 0.167. The molecule has 7 heteroatoms. The summed E-state index contributed by atoms with van der Waals surface area (Å²) in [6.45, 7) is -2.84. The molecule has 1 aromatic carbocycles. The summed E-state index contributed by atoms with van der Waals surface area (Å²) in [6, 6.07) is 7.84. The van der Waals surface area contributed by atoms with Crippen LogP contribution in [0.2, 0.25) is 5.15 Å². The second-order valence-corrected chi connectivity index (χ2v) is 3.97. The van der Waals surface area contributed by atoms with Gasteiger partial charge in [0, 0.05) is 12.6 Å². The van der Waals surface area contributed by atoms with Gasteiger partial charge in [-0.15, -0.1) is 10.2 Å².